The van der Waals surface area contributed by atoms with E-state index in [0.29, 0.717) is 18.3 Å². The second kappa shape index (κ2) is 11.5. The lowest BCUT2D eigenvalue weighted by molar-refractivity contribution is 0.0513. The SMILES string of the molecule is CCCC[C@](C)(O)CC=C[C@@H]1[C@H]2CC(CSCCCN(C)C(C)(C)C)=C[C@H]2C[C@H]1O. The van der Waals surface area contributed by atoms with Crippen molar-refractivity contribution in [1.82, 2.24) is 4.90 Å². The van der Waals surface area contributed by atoms with Crippen LogP contribution in [0.15, 0.2) is 23.8 Å². The molecule has 0 radical (unpaired) electrons. The van der Waals surface area contributed by atoms with Gasteiger partial charge >= 0.3 is 0 Å². The Morgan fingerprint density at radius 2 is 1.97 bits per heavy atom. The summed E-state index contributed by atoms with van der Waals surface area (Å²) in [6.07, 6.45) is 13.6. The van der Waals surface area contributed by atoms with Crippen LogP contribution in [0.25, 0.3) is 0 Å². The lowest BCUT2D eigenvalue weighted by Crippen LogP contribution is -2.38. The maximum Gasteiger partial charge on any atom is 0.0654 e. The number of aliphatic hydroxyl groups excluding tert-OH is 1. The molecule has 0 saturated heterocycles. The third-order valence-corrected chi connectivity index (χ3v) is 8.30. The topological polar surface area (TPSA) is 43.7 Å². The van der Waals surface area contributed by atoms with Gasteiger partial charge in [-0.25, -0.2) is 0 Å². The Morgan fingerprint density at radius 3 is 2.63 bits per heavy atom. The summed E-state index contributed by atoms with van der Waals surface area (Å²) in [6, 6.07) is 0. The molecule has 2 rings (SSSR count). The van der Waals surface area contributed by atoms with E-state index in [1.165, 1.54) is 12.2 Å². The van der Waals surface area contributed by atoms with Crippen LogP contribution in [-0.2, 0) is 0 Å². The van der Waals surface area contributed by atoms with Crippen LogP contribution in [0.1, 0.15) is 79.6 Å². The molecule has 3 nitrogen and oxygen atoms in total. The van der Waals surface area contributed by atoms with Crippen molar-refractivity contribution in [3.05, 3.63) is 23.8 Å². The first kappa shape index (κ1) is 26.0. The summed E-state index contributed by atoms with van der Waals surface area (Å²) in [5.41, 5.74) is 1.22. The zero-order valence-electron chi connectivity index (χ0n) is 20.4. The largest absolute Gasteiger partial charge is 0.392 e. The van der Waals surface area contributed by atoms with E-state index in [9.17, 15) is 10.2 Å². The van der Waals surface area contributed by atoms with Crippen LogP contribution in [0, 0.1) is 17.8 Å². The van der Waals surface area contributed by atoms with E-state index < -0.39 is 5.60 Å². The third kappa shape index (κ3) is 8.00. The number of fused-ring (bicyclic) bond motifs is 1. The zero-order chi connectivity index (χ0) is 22.4. The van der Waals surface area contributed by atoms with Crippen LogP contribution < -0.4 is 0 Å². The fourth-order valence-corrected chi connectivity index (χ4v) is 5.75. The standard InChI is InChI=1S/C26H47NO2S/c1-7-8-12-26(5,29)13-9-11-22-23-17-20(16-21(23)18-24(22)28)19-30-15-10-14-27(6)25(2,3)4/h9,11,16,21-24,28-29H,7-8,10,12-15,17-19H2,1-6H3/t21-,22+,23-,24+,26-/m0/s1. The highest BCUT2D eigenvalue weighted by molar-refractivity contribution is 7.99. The quantitative estimate of drug-likeness (QED) is 0.305. The lowest BCUT2D eigenvalue weighted by Gasteiger charge is -2.31. The highest BCUT2D eigenvalue weighted by Crippen LogP contribution is 2.47. The van der Waals surface area contributed by atoms with Gasteiger partial charge in [0.1, 0.15) is 0 Å². The summed E-state index contributed by atoms with van der Waals surface area (Å²) in [6.45, 7) is 12.1. The summed E-state index contributed by atoms with van der Waals surface area (Å²) in [4.78, 5) is 2.44. The molecule has 0 bridgehead atoms. The molecule has 1 fully saturated rings. The molecule has 2 aliphatic rings. The molecule has 0 aromatic heterocycles. The Bertz CT molecular complexity index is 578. The zero-order valence-corrected chi connectivity index (χ0v) is 21.2. The molecule has 30 heavy (non-hydrogen) atoms. The van der Waals surface area contributed by atoms with Crippen LogP contribution in [0.5, 0.6) is 0 Å². The van der Waals surface area contributed by atoms with Crippen molar-refractivity contribution in [2.45, 2.75) is 96.8 Å². The Balaban J connectivity index is 1.73. The molecule has 0 aromatic rings. The second-order valence-electron chi connectivity index (χ2n) is 11.0. The van der Waals surface area contributed by atoms with Crippen molar-refractivity contribution in [1.29, 1.82) is 0 Å². The predicted octanol–water partition coefficient (Wildman–Crippen LogP) is 5.67. The number of nitrogens with zero attached hydrogens (tertiary/aromatic N) is 1. The first-order valence-electron chi connectivity index (χ1n) is 12.1. The Labute approximate surface area is 190 Å². The molecule has 0 aliphatic heterocycles. The Hall–Kier alpha value is -0.290. The normalized spacial score (nSPS) is 28.9. The van der Waals surface area contributed by atoms with E-state index in [0.717, 1.165) is 44.4 Å². The molecule has 174 valence electrons. The molecule has 2 N–H and O–H groups in total. The van der Waals surface area contributed by atoms with Crippen LogP contribution in [0.2, 0.25) is 0 Å². The molecular weight excluding hydrogens is 390 g/mol. The minimum absolute atomic E-state index is 0.227. The van der Waals surface area contributed by atoms with E-state index in [2.05, 4.69) is 69.6 Å². The van der Waals surface area contributed by atoms with Crippen LogP contribution in [0.4, 0.5) is 0 Å². The molecular formula is C26H47NO2S. The number of allylic oxidation sites excluding steroid dienone is 1. The van der Waals surface area contributed by atoms with Crippen LogP contribution in [-0.4, -0.2) is 57.5 Å². The number of thioether (sulfide) groups is 1. The van der Waals surface area contributed by atoms with Gasteiger partial charge in [0.05, 0.1) is 11.7 Å². The van der Waals surface area contributed by atoms with Gasteiger partial charge in [0, 0.05) is 17.2 Å². The second-order valence-corrected chi connectivity index (χ2v) is 12.1. The highest BCUT2D eigenvalue weighted by Gasteiger charge is 2.43. The van der Waals surface area contributed by atoms with Gasteiger partial charge in [-0.15, -0.1) is 0 Å². The molecule has 0 aromatic carbocycles. The average Bonchev–Trinajstić information content (AvgIpc) is 3.16. The first-order chi connectivity index (χ1) is 14.0. The van der Waals surface area contributed by atoms with Gasteiger partial charge < -0.3 is 15.1 Å². The Morgan fingerprint density at radius 1 is 1.23 bits per heavy atom. The molecule has 0 heterocycles. The van der Waals surface area contributed by atoms with Crippen LogP contribution >= 0.6 is 11.8 Å². The number of unbranched alkanes of at least 4 members (excludes halogenated alkanes) is 1. The van der Waals surface area contributed by atoms with Gasteiger partial charge in [0.25, 0.3) is 0 Å². The van der Waals surface area contributed by atoms with Crippen molar-refractivity contribution >= 4 is 11.8 Å². The van der Waals surface area contributed by atoms with Gasteiger partial charge in [0.15, 0.2) is 0 Å². The first-order valence-corrected chi connectivity index (χ1v) is 13.2. The number of hydrogen-bond donors (Lipinski definition) is 2. The molecule has 0 unspecified atom stereocenters. The summed E-state index contributed by atoms with van der Waals surface area (Å²) in [5, 5.41) is 21.1. The van der Waals surface area contributed by atoms with Gasteiger partial charge in [0.2, 0.25) is 0 Å². The summed E-state index contributed by atoms with van der Waals surface area (Å²) in [5.74, 6) is 3.70. The smallest absolute Gasteiger partial charge is 0.0654 e. The van der Waals surface area contributed by atoms with Crippen LogP contribution in [0.3, 0.4) is 0 Å². The summed E-state index contributed by atoms with van der Waals surface area (Å²) in [7, 11) is 2.22. The Kier molecular flexibility index (Phi) is 9.99. The summed E-state index contributed by atoms with van der Waals surface area (Å²) < 4.78 is 0. The lowest BCUT2D eigenvalue weighted by atomic mass is 9.88. The van der Waals surface area contributed by atoms with Crippen molar-refractivity contribution < 1.29 is 10.2 Å². The van der Waals surface area contributed by atoms with E-state index in [-0.39, 0.29) is 17.6 Å². The average molecular weight is 438 g/mol. The van der Waals surface area contributed by atoms with Gasteiger partial charge in [-0.3, -0.25) is 0 Å². The number of aliphatic hydroxyl groups is 2. The number of rotatable bonds is 12. The van der Waals surface area contributed by atoms with Crippen molar-refractivity contribution in [3.8, 4) is 0 Å². The molecule has 1 saturated carbocycles. The highest BCUT2D eigenvalue weighted by atomic mass is 32.2. The predicted molar refractivity (Wildman–Crippen MR) is 132 cm³/mol. The molecule has 5 atom stereocenters. The fraction of sp³-hybridized carbons (Fsp3) is 0.846. The molecule has 2 aliphatic carbocycles. The molecule has 0 amide bonds. The van der Waals surface area contributed by atoms with E-state index >= 15 is 0 Å². The van der Waals surface area contributed by atoms with Gasteiger partial charge in [-0.05, 0) is 91.0 Å². The maximum absolute atomic E-state index is 10.6. The van der Waals surface area contributed by atoms with Gasteiger partial charge in [-0.2, -0.15) is 11.8 Å². The monoisotopic (exact) mass is 437 g/mol. The van der Waals surface area contributed by atoms with E-state index in [1.807, 2.05) is 6.92 Å². The maximum atomic E-state index is 10.6. The minimum Gasteiger partial charge on any atom is -0.392 e. The minimum atomic E-state index is -0.619. The molecule has 4 heteroatoms. The van der Waals surface area contributed by atoms with Crippen molar-refractivity contribution in [2.24, 2.45) is 17.8 Å². The summed E-state index contributed by atoms with van der Waals surface area (Å²) >= 11 is 2.06. The van der Waals surface area contributed by atoms with Crippen molar-refractivity contribution in [3.63, 3.8) is 0 Å². The van der Waals surface area contributed by atoms with Gasteiger partial charge in [-0.1, -0.05) is 43.6 Å². The third-order valence-electron chi connectivity index (χ3n) is 7.15. The van der Waals surface area contributed by atoms with Crippen molar-refractivity contribution in [2.75, 3.05) is 25.1 Å². The molecule has 0 spiro atoms. The fourth-order valence-electron chi connectivity index (χ4n) is 4.79. The van der Waals surface area contributed by atoms with E-state index in [1.54, 1.807) is 5.57 Å². The number of hydrogen-bond acceptors (Lipinski definition) is 4. The van der Waals surface area contributed by atoms with E-state index in [4.69, 9.17) is 0 Å².